The molecule has 1 rings (SSSR count). The smallest absolute Gasteiger partial charge is 0.325 e. The average molecular weight is 321 g/mol. The summed E-state index contributed by atoms with van der Waals surface area (Å²) in [6.07, 6.45) is 4.09. The van der Waals surface area contributed by atoms with Crippen molar-refractivity contribution < 1.29 is 14.3 Å². The lowest BCUT2D eigenvalue weighted by Crippen LogP contribution is -2.54. The molecule has 0 heterocycles. The SMILES string of the molecule is CCOC(=O)CN(C(=O)[C@@H](N)C(C)(C)C)C1CCCC1.Cl. The lowest BCUT2D eigenvalue weighted by atomic mass is 9.86. The lowest BCUT2D eigenvalue weighted by molar-refractivity contribution is -0.151. The second-order valence-electron chi connectivity index (χ2n) is 6.55. The normalized spacial score (nSPS) is 17.0. The fraction of sp³-hybridized carbons (Fsp3) is 0.867. The van der Waals surface area contributed by atoms with Crippen molar-refractivity contribution in [2.75, 3.05) is 13.2 Å². The van der Waals surface area contributed by atoms with Gasteiger partial charge in [-0.2, -0.15) is 0 Å². The van der Waals surface area contributed by atoms with Crippen molar-refractivity contribution >= 4 is 24.3 Å². The molecule has 1 atom stereocenters. The summed E-state index contributed by atoms with van der Waals surface area (Å²) in [6.45, 7) is 7.92. The van der Waals surface area contributed by atoms with Gasteiger partial charge in [-0.05, 0) is 25.2 Å². The van der Waals surface area contributed by atoms with Crippen LogP contribution < -0.4 is 5.73 Å². The Bertz CT molecular complexity index is 349. The monoisotopic (exact) mass is 320 g/mol. The molecule has 0 saturated heterocycles. The Hall–Kier alpha value is -0.810. The van der Waals surface area contributed by atoms with Crippen molar-refractivity contribution in [3.05, 3.63) is 0 Å². The molecule has 21 heavy (non-hydrogen) atoms. The van der Waals surface area contributed by atoms with E-state index in [1.54, 1.807) is 11.8 Å². The molecule has 1 aliphatic rings. The molecule has 0 aromatic carbocycles. The molecule has 0 bridgehead atoms. The molecule has 0 unspecified atom stereocenters. The first-order valence-electron chi connectivity index (χ1n) is 7.49. The van der Waals surface area contributed by atoms with Crippen LogP contribution in [0, 0.1) is 5.41 Å². The molecule has 1 saturated carbocycles. The molecule has 124 valence electrons. The Labute approximate surface area is 134 Å². The zero-order valence-electron chi connectivity index (χ0n) is 13.6. The molecule has 1 aliphatic carbocycles. The number of carbonyl (C=O) groups excluding carboxylic acids is 2. The summed E-state index contributed by atoms with van der Waals surface area (Å²) in [5.41, 5.74) is 5.75. The van der Waals surface area contributed by atoms with Crippen LogP contribution >= 0.6 is 12.4 Å². The summed E-state index contributed by atoms with van der Waals surface area (Å²) < 4.78 is 4.97. The van der Waals surface area contributed by atoms with E-state index in [9.17, 15) is 9.59 Å². The highest BCUT2D eigenvalue weighted by atomic mass is 35.5. The Morgan fingerprint density at radius 1 is 1.29 bits per heavy atom. The molecule has 2 N–H and O–H groups in total. The summed E-state index contributed by atoms with van der Waals surface area (Å²) in [5, 5.41) is 0. The summed E-state index contributed by atoms with van der Waals surface area (Å²) in [7, 11) is 0. The molecule has 0 spiro atoms. The second kappa shape index (κ2) is 8.59. The van der Waals surface area contributed by atoms with Crippen LogP contribution in [0.1, 0.15) is 53.4 Å². The standard InChI is InChI=1S/C15H28N2O3.ClH/c1-5-20-12(18)10-17(11-8-6-7-9-11)14(19)13(16)15(2,3)4;/h11,13H,5-10,16H2,1-4H3;1H/t13-;/m1./s1. The van der Waals surface area contributed by atoms with Gasteiger partial charge in [0.25, 0.3) is 0 Å². The van der Waals surface area contributed by atoms with Crippen LogP contribution in [0.3, 0.4) is 0 Å². The van der Waals surface area contributed by atoms with Crippen LogP contribution in [0.25, 0.3) is 0 Å². The zero-order valence-corrected chi connectivity index (χ0v) is 14.4. The van der Waals surface area contributed by atoms with E-state index in [4.69, 9.17) is 10.5 Å². The number of ether oxygens (including phenoxy) is 1. The van der Waals surface area contributed by atoms with Crippen molar-refractivity contribution in [1.29, 1.82) is 0 Å². The van der Waals surface area contributed by atoms with Crippen molar-refractivity contribution in [1.82, 2.24) is 4.90 Å². The van der Waals surface area contributed by atoms with E-state index in [0.29, 0.717) is 6.61 Å². The van der Waals surface area contributed by atoms with E-state index in [1.807, 2.05) is 20.8 Å². The maximum Gasteiger partial charge on any atom is 0.325 e. The van der Waals surface area contributed by atoms with Gasteiger partial charge in [0, 0.05) is 6.04 Å². The quantitative estimate of drug-likeness (QED) is 0.787. The summed E-state index contributed by atoms with van der Waals surface area (Å²) in [5.74, 6) is -0.494. The van der Waals surface area contributed by atoms with Crippen LogP contribution in [-0.2, 0) is 14.3 Å². The number of hydrogen-bond acceptors (Lipinski definition) is 4. The maximum absolute atomic E-state index is 12.6. The van der Waals surface area contributed by atoms with Crippen molar-refractivity contribution in [3.63, 3.8) is 0 Å². The molecular formula is C15H29ClN2O3. The molecular weight excluding hydrogens is 292 g/mol. The predicted octanol–water partition coefficient (Wildman–Crippen LogP) is 2.12. The van der Waals surface area contributed by atoms with Crippen LogP contribution in [0.15, 0.2) is 0 Å². The van der Waals surface area contributed by atoms with Crippen LogP contribution in [0.4, 0.5) is 0 Å². The Morgan fingerprint density at radius 3 is 2.24 bits per heavy atom. The number of halogens is 1. The van der Waals surface area contributed by atoms with E-state index < -0.39 is 6.04 Å². The highest BCUT2D eigenvalue weighted by molar-refractivity contribution is 5.86. The Morgan fingerprint density at radius 2 is 1.81 bits per heavy atom. The Balaban J connectivity index is 0.00000400. The summed E-state index contributed by atoms with van der Waals surface area (Å²) in [4.78, 5) is 26.0. The lowest BCUT2D eigenvalue weighted by Gasteiger charge is -2.35. The van der Waals surface area contributed by atoms with Gasteiger partial charge in [0.1, 0.15) is 6.54 Å². The average Bonchev–Trinajstić information content (AvgIpc) is 2.87. The van der Waals surface area contributed by atoms with Gasteiger partial charge >= 0.3 is 5.97 Å². The van der Waals surface area contributed by atoms with Gasteiger partial charge in [-0.15, -0.1) is 12.4 Å². The first kappa shape index (κ1) is 20.2. The summed E-state index contributed by atoms with van der Waals surface area (Å²) >= 11 is 0. The molecule has 0 radical (unpaired) electrons. The highest BCUT2D eigenvalue weighted by Gasteiger charge is 2.36. The second-order valence-corrected chi connectivity index (χ2v) is 6.55. The number of nitrogens with zero attached hydrogens (tertiary/aromatic N) is 1. The topological polar surface area (TPSA) is 72.6 Å². The number of hydrogen-bond donors (Lipinski definition) is 1. The first-order valence-corrected chi connectivity index (χ1v) is 7.49. The third-order valence-electron chi connectivity index (χ3n) is 3.85. The van der Waals surface area contributed by atoms with Gasteiger partial charge in [-0.3, -0.25) is 9.59 Å². The van der Waals surface area contributed by atoms with Crippen LogP contribution in [0.2, 0.25) is 0 Å². The van der Waals surface area contributed by atoms with Crippen molar-refractivity contribution in [2.45, 2.75) is 65.5 Å². The molecule has 0 aliphatic heterocycles. The molecule has 1 amide bonds. The number of rotatable bonds is 5. The van der Waals surface area contributed by atoms with Gasteiger partial charge < -0.3 is 15.4 Å². The van der Waals surface area contributed by atoms with E-state index in [1.165, 1.54) is 0 Å². The largest absolute Gasteiger partial charge is 0.465 e. The molecule has 6 heteroatoms. The maximum atomic E-state index is 12.6. The van der Waals surface area contributed by atoms with E-state index in [2.05, 4.69) is 0 Å². The van der Waals surface area contributed by atoms with Crippen molar-refractivity contribution in [3.8, 4) is 0 Å². The third kappa shape index (κ3) is 5.83. The predicted molar refractivity (Wildman–Crippen MR) is 85.3 cm³/mol. The molecule has 5 nitrogen and oxygen atoms in total. The first-order chi connectivity index (χ1) is 9.27. The number of carbonyl (C=O) groups is 2. The molecule has 1 fully saturated rings. The fourth-order valence-corrected chi connectivity index (χ4v) is 2.50. The van der Waals surface area contributed by atoms with E-state index in [0.717, 1.165) is 25.7 Å². The molecule has 0 aromatic rings. The van der Waals surface area contributed by atoms with E-state index >= 15 is 0 Å². The summed E-state index contributed by atoms with van der Waals surface area (Å²) in [6, 6.07) is -0.474. The fourth-order valence-electron chi connectivity index (χ4n) is 2.50. The van der Waals surface area contributed by atoms with Gasteiger partial charge in [0.15, 0.2) is 0 Å². The van der Waals surface area contributed by atoms with E-state index in [-0.39, 0.29) is 42.3 Å². The zero-order chi connectivity index (χ0) is 15.3. The number of amides is 1. The minimum Gasteiger partial charge on any atom is -0.465 e. The van der Waals surface area contributed by atoms with Crippen molar-refractivity contribution in [2.24, 2.45) is 11.1 Å². The van der Waals surface area contributed by atoms with Gasteiger partial charge in [-0.1, -0.05) is 33.6 Å². The number of nitrogens with two attached hydrogens (primary N) is 1. The highest BCUT2D eigenvalue weighted by Crippen LogP contribution is 2.26. The van der Waals surface area contributed by atoms with Gasteiger partial charge in [0.05, 0.1) is 12.6 Å². The van der Waals surface area contributed by atoms with Gasteiger partial charge in [-0.25, -0.2) is 0 Å². The van der Waals surface area contributed by atoms with Crippen LogP contribution in [0.5, 0.6) is 0 Å². The third-order valence-corrected chi connectivity index (χ3v) is 3.85. The minimum absolute atomic E-state index is 0. The Kier molecular flexibility index (Phi) is 8.26. The molecule has 0 aromatic heterocycles. The minimum atomic E-state index is -0.600. The van der Waals surface area contributed by atoms with Crippen LogP contribution in [-0.4, -0.2) is 42.0 Å². The number of esters is 1. The van der Waals surface area contributed by atoms with Gasteiger partial charge in [0.2, 0.25) is 5.91 Å².